The number of hydrogen-bond donors (Lipinski definition) is 1. The SMILES string of the molecule is Cc1nsc(N(C)C(=O)c2cnns2)c1C(=O)O. The van der Waals surface area contributed by atoms with Crippen molar-refractivity contribution in [2.75, 3.05) is 11.9 Å². The highest BCUT2D eigenvalue weighted by Gasteiger charge is 2.25. The average Bonchev–Trinajstić information content (AvgIpc) is 2.95. The van der Waals surface area contributed by atoms with Crippen LogP contribution in [0.15, 0.2) is 6.20 Å². The van der Waals surface area contributed by atoms with Gasteiger partial charge in [0.25, 0.3) is 5.91 Å². The van der Waals surface area contributed by atoms with Crippen LogP contribution in [-0.2, 0) is 0 Å². The lowest BCUT2D eigenvalue weighted by Gasteiger charge is -2.13. The maximum Gasteiger partial charge on any atom is 0.340 e. The molecule has 0 saturated carbocycles. The van der Waals surface area contributed by atoms with Crippen molar-refractivity contribution in [3.05, 3.63) is 22.3 Å². The van der Waals surface area contributed by atoms with Crippen LogP contribution in [0.4, 0.5) is 5.00 Å². The Morgan fingerprint density at radius 2 is 2.11 bits per heavy atom. The molecule has 0 aliphatic carbocycles. The molecule has 0 saturated heterocycles. The molecule has 7 nitrogen and oxygen atoms in total. The zero-order valence-electron chi connectivity index (χ0n) is 9.45. The highest BCUT2D eigenvalue weighted by molar-refractivity contribution is 7.11. The Balaban J connectivity index is 2.38. The van der Waals surface area contributed by atoms with Gasteiger partial charge in [0.1, 0.15) is 15.4 Å². The normalized spacial score (nSPS) is 10.3. The molecule has 94 valence electrons. The maximum absolute atomic E-state index is 12.0. The van der Waals surface area contributed by atoms with Crippen molar-refractivity contribution in [1.29, 1.82) is 0 Å². The minimum absolute atomic E-state index is 0.0494. The van der Waals surface area contributed by atoms with E-state index in [1.165, 1.54) is 18.1 Å². The Morgan fingerprint density at radius 1 is 1.39 bits per heavy atom. The summed E-state index contributed by atoms with van der Waals surface area (Å²) in [4.78, 5) is 24.8. The third-order valence-corrected chi connectivity index (χ3v) is 3.91. The molecule has 1 amide bonds. The van der Waals surface area contributed by atoms with E-state index in [4.69, 9.17) is 5.11 Å². The Bertz CT molecular complexity index is 593. The number of amides is 1. The molecule has 0 spiro atoms. The van der Waals surface area contributed by atoms with E-state index in [-0.39, 0.29) is 11.5 Å². The van der Waals surface area contributed by atoms with Crippen LogP contribution in [0.1, 0.15) is 25.7 Å². The Hall–Kier alpha value is -1.87. The fourth-order valence-electron chi connectivity index (χ4n) is 1.35. The largest absolute Gasteiger partial charge is 0.478 e. The zero-order valence-corrected chi connectivity index (χ0v) is 11.1. The Labute approximate surface area is 110 Å². The van der Waals surface area contributed by atoms with Crippen LogP contribution in [0.3, 0.4) is 0 Å². The summed E-state index contributed by atoms with van der Waals surface area (Å²) < 4.78 is 7.56. The Morgan fingerprint density at radius 3 is 2.67 bits per heavy atom. The fraction of sp³-hybridized carbons (Fsp3) is 0.222. The summed E-state index contributed by atoms with van der Waals surface area (Å²) in [7, 11) is 1.50. The summed E-state index contributed by atoms with van der Waals surface area (Å²) in [6, 6.07) is 0. The number of anilines is 1. The number of carbonyl (C=O) groups excluding carboxylic acids is 1. The molecule has 2 aromatic rings. The van der Waals surface area contributed by atoms with Crippen molar-refractivity contribution in [3.63, 3.8) is 0 Å². The predicted octanol–water partition coefficient (Wildman–Crippen LogP) is 1.28. The van der Waals surface area contributed by atoms with Gasteiger partial charge in [0.15, 0.2) is 0 Å². The van der Waals surface area contributed by atoms with Gasteiger partial charge in [-0.2, -0.15) is 4.37 Å². The average molecular weight is 284 g/mol. The van der Waals surface area contributed by atoms with Crippen molar-refractivity contribution in [1.82, 2.24) is 14.0 Å². The lowest BCUT2D eigenvalue weighted by atomic mass is 10.2. The molecule has 0 unspecified atom stereocenters. The molecule has 0 fully saturated rings. The Kier molecular flexibility index (Phi) is 3.34. The standard InChI is InChI=1S/C9H8N4O3S2/c1-4-6(9(15)16)8(18-11-4)13(2)7(14)5-3-10-12-17-5/h3H,1-2H3,(H,15,16). The summed E-state index contributed by atoms with van der Waals surface area (Å²) in [5.41, 5.74) is 0.443. The van der Waals surface area contributed by atoms with Gasteiger partial charge in [-0.3, -0.25) is 4.79 Å². The van der Waals surface area contributed by atoms with Gasteiger partial charge in [0, 0.05) is 7.05 Å². The lowest BCUT2D eigenvalue weighted by molar-refractivity contribution is 0.0697. The summed E-state index contributed by atoms with van der Waals surface area (Å²) in [6.07, 6.45) is 1.35. The molecule has 9 heteroatoms. The van der Waals surface area contributed by atoms with Crippen LogP contribution in [0, 0.1) is 6.92 Å². The smallest absolute Gasteiger partial charge is 0.340 e. The van der Waals surface area contributed by atoms with Gasteiger partial charge in [-0.25, -0.2) is 4.79 Å². The molecule has 2 rings (SSSR count). The van der Waals surface area contributed by atoms with Crippen molar-refractivity contribution in [3.8, 4) is 0 Å². The molecular weight excluding hydrogens is 276 g/mol. The number of carboxylic acid groups (broad SMARTS) is 1. The monoisotopic (exact) mass is 284 g/mol. The minimum Gasteiger partial charge on any atom is -0.478 e. The maximum atomic E-state index is 12.0. The third kappa shape index (κ3) is 2.09. The second kappa shape index (κ2) is 4.78. The van der Waals surface area contributed by atoms with Gasteiger partial charge in [-0.15, -0.1) is 5.10 Å². The third-order valence-electron chi connectivity index (χ3n) is 2.24. The molecule has 1 N–H and O–H groups in total. The quantitative estimate of drug-likeness (QED) is 0.912. The molecule has 0 radical (unpaired) electrons. The van der Waals surface area contributed by atoms with Crippen molar-refractivity contribution < 1.29 is 14.7 Å². The molecule has 0 aliphatic heterocycles. The number of hydrogen-bond acceptors (Lipinski definition) is 7. The van der Waals surface area contributed by atoms with Gasteiger partial charge in [-0.1, -0.05) is 4.49 Å². The molecule has 2 aromatic heterocycles. The summed E-state index contributed by atoms with van der Waals surface area (Å²) in [5, 5.41) is 13.0. The van der Waals surface area contributed by atoms with E-state index in [1.807, 2.05) is 0 Å². The fourth-order valence-corrected chi connectivity index (χ4v) is 2.69. The van der Waals surface area contributed by atoms with E-state index in [2.05, 4.69) is 14.0 Å². The number of aromatic nitrogens is 3. The summed E-state index contributed by atoms with van der Waals surface area (Å²) >= 11 is 1.94. The number of nitrogens with zero attached hydrogens (tertiary/aromatic N) is 4. The molecule has 0 bridgehead atoms. The topological polar surface area (TPSA) is 96.3 Å². The number of carboxylic acids is 1. The van der Waals surface area contributed by atoms with E-state index < -0.39 is 5.97 Å². The van der Waals surface area contributed by atoms with Crippen LogP contribution in [0.5, 0.6) is 0 Å². The van der Waals surface area contributed by atoms with E-state index in [0.29, 0.717) is 15.6 Å². The highest BCUT2D eigenvalue weighted by Crippen LogP contribution is 2.29. The first-order valence-electron chi connectivity index (χ1n) is 4.77. The predicted molar refractivity (Wildman–Crippen MR) is 66.5 cm³/mol. The van der Waals surface area contributed by atoms with Crippen molar-refractivity contribution in [2.24, 2.45) is 0 Å². The first-order chi connectivity index (χ1) is 8.52. The van der Waals surface area contributed by atoms with E-state index in [9.17, 15) is 9.59 Å². The minimum atomic E-state index is -1.10. The van der Waals surface area contributed by atoms with Gasteiger partial charge in [0.05, 0.1) is 11.9 Å². The number of aryl methyl sites for hydroxylation is 1. The van der Waals surface area contributed by atoms with Gasteiger partial charge in [0.2, 0.25) is 0 Å². The second-order valence-corrected chi connectivity index (χ2v) is 4.94. The van der Waals surface area contributed by atoms with Gasteiger partial charge < -0.3 is 10.0 Å². The second-order valence-electron chi connectivity index (χ2n) is 3.40. The van der Waals surface area contributed by atoms with Gasteiger partial charge in [-0.05, 0) is 30.0 Å². The molecule has 2 heterocycles. The van der Waals surface area contributed by atoms with E-state index >= 15 is 0 Å². The van der Waals surface area contributed by atoms with Gasteiger partial charge >= 0.3 is 5.97 Å². The van der Waals surface area contributed by atoms with Crippen LogP contribution in [0.25, 0.3) is 0 Å². The van der Waals surface area contributed by atoms with Crippen molar-refractivity contribution in [2.45, 2.75) is 6.92 Å². The first-order valence-corrected chi connectivity index (χ1v) is 6.32. The summed E-state index contributed by atoms with van der Waals surface area (Å²) in [5.74, 6) is -1.45. The van der Waals surface area contributed by atoms with Crippen LogP contribution < -0.4 is 4.90 Å². The first kappa shape index (κ1) is 12.6. The summed E-state index contributed by atoms with van der Waals surface area (Å²) in [6.45, 7) is 1.59. The molecular formula is C9H8N4O3S2. The molecule has 18 heavy (non-hydrogen) atoms. The lowest BCUT2D eigenvalue weighted by Crippen LogP contribution is -2.26. The van der Waals surface area contributed by atoms with Crippen LogP contribution in [0.2, 0.25) is 0 Å². The van der Waals surface area contributed by atoms with Crippen LogP contribution in [-0.4, -0.2) is 38.0 Å². The van der Waals surface area contributed by atoms with Crippen LogP contribution >= 0.6 is 23.1 Å². The highest BCUT2D eigenvalue weighted by atomic mass is 32.1. The number of aromatic carboxylic acids is 1. The van der Waals surface area contributed by atoms with E-state index in [0.717, 1.165) is 23.1 Å². The molecule has 0 aliphatic rings. The molecule has 0 aromatic carbocycles. The zero-order chi connectivity index (χ0) is 13.3. The number of rotatable bonds is 3. The van der Waals surface area contributed by atoms with Crippen molar-refractivity contribution >= 4 is 39.9 Å². The number of carbonyl (C=O) groups is 2. The van der Waals surface area contributed by atoms with E-state index in [1.54, 1.807) is 6.92 Å². The molecule has 0 atom stereocenters.